The Kier molecular flexibility index (Phi) is 6.68. The molecule has 1 aliphatic carbocycles. The average molecular weight is 456 g/mol. The first kappa shape index (κ1) is 22.6. The van der Waals surface area contributed by atoms with E-state index in [1.54, 1.807) is 12.1 Å². The largest absolute Gasteiger partial charge is 0.509 e. The number of nitrogens with one attached hydrogen (secondary N) is 1. The third-order valence-electron chi connectivity index (χ3n) is 6.35. The summed E-state index contributed by atoms with van der Waals surface area (Å²) in [5, 5.41) is 14.7. The molecule has 0 atom stereocenters. The molecule has 1 aliphatic heterocycles. The molecule has 2 aliphatic rings. The second-order valence-corrected chi connectivity index (χ2v) is 8.61. The fourth-order valence-electron chi connectivity index (χ4n) is 4.76. The molecule has 4 nitrogen and oxygen atoms in total. The van der Waals surface area contributed by atoms with Gasteiger partial charge in [0.15, 0.2) is 0 Å². The van der Waals surface area contributed by atoms with Crippen LogP contribution in [-0.4, -0.2) is 35.9 Å². The number of hydrogen-bond acceptors (Lipinski definition) is 3. The monoisotopic (exact) mass is 455 g/mol. The topological polar surface area (TPSA) is 58.6 Å². The second kappa shape index (κ2) is 9.47. The molecule has 0 radical (unpaired) electrons. The minimum absolute atomic E-state index is 0.0134. The molecule has 2 aromatic rings. The number of alkyl halides is 1. The molecule has 168 valence electrons. The number of aliphatic hydroxyl groups excluding tert-OH is 1. The van der Waals surface area contributed by atoms with Crippen molar-refractivity contribution in [2.75, 3.05) is 13.3 Å². The summed E-state index contributed by atoms with van der Waals surface area (Å²) in [5.41, 5.74) is 2.01. The summed E-state index contributed by atoms with van der Waals surface area (Å²) in [5.74, 6) is -0.348. The van der Waals surface area contributed by atoms with Crippen LogP contribution in [0.25, 0.3) is 22.8 Å². The SMILES string of the molecule is CCOC1CCC2(CC1)NC(=O)C(c1c(/C=C\CF)ccc(-c3ccccc3)c1Cl)=C2O. The third-order valence-corrected chi connectivity index (χ3v) is 6.75. The zero-order valence-corrected chi connectivity index (χ0v) is 18.8. The van der Waals surface area contributed by atoms with Gasteiger partial charge in [0.05, 0.1) is 22.2 Å². The van der Waals surface area contributed by atoms with Crippen LogP contribution in [-0.2, 0) is 9.53 Å². The molecule has 0 unspecified atom stereocenters. The molecule has 2 aromatic carbocycles. The quantitative estimate of drug-likeness (QED) is 0.552. The molecular weight excluding hydrogens is 429 g/mol. The first-order valence-electron chi connectivity index (χ1n) is 11.0. The fraction of sp³-hybridized carbons (Fsp3) is 0.346. The summed E-state index contributed by atoms with van der Waals surface area (Å²) >= 11 is 6.86. The van der Waals surface area contributed by atoms with Crippen molar-refractivity contribution in [3.63, 3.8) is 0 Å². The van der Waals surface area contributed by atoms with Gasteiger partial charge in [-0.2, -0.15) is 0 Å². The molecule has 32 heavy (non-hydrogen) atoms. The third kappa shape index (κ3) is 4.07. The van der Waals surface area contributed by atoms with Gasteiger partial charge in [0.25, 0.3) is 5.91 Å². The van der Waals surface area contributed by atoms with E-state index in [1.807, 2.05) is 43.3 Å². The molecular formula is C26H27ClFNO3. The summed E-state index contributed by atoms with van der Waals surface area (Å²) in [7, 11) is 0. The predicted octanol–water partition coefficient (Wildman–Crippen LogP) is 6.11. The molecule has 0 aromatic heterocycles. The summed E-state index contributed by atoms with van der Waals surface area (Å²) in [4.78, 5) is 13.2. The lowest BCUT2D eigenvalue weighted by Crippen LogP contribution is -2.48. The lowest BCUT2D eigenvalue weighted by atomic mass is 9.79. The van der Waals surface area contributed by atoms with Crippen molar-refractivity contribution in [1.29, 1.82) is 0 Å². The van der Waals surface area contributed by atoms with Crippen molar-refractivity contribution < 1.29 is 19.0 Å². The molecule has 0 saturated heterocycles. The van der Waals surface area contributed by atoms with E-state index in [4.69, 9.17) is 16.3 Å². The second-order valence-electron chi connectivity index (χ2n) is 8.23. The molecule has 1 spiro atoms. The van der Waals surface area contributed by atoms with E-state index in [-0.39, 0.29) is 23.3 Å². The predicted molar refractivity (Wildman–Crippen MR) is 126 cm³/mol. The van der Waals surface area contributed by atoms with Crippen molar-refractivity contribution in [3.8, 4) is 11.1 Å². The van der Waals surface area contributed by atoms with Gasteiger partial charge in [0, 0.05) is 17.7 Å². The van der Waals surface area contributed by atoms with Crippen LogP contribution in [0.5, 0.6) is 0 Å². The lowest BCUT2D eigenvalue weighted by Gasteiger charge is -2.37. The standard InChI is InChI=1S/C26H27ClFNO3/c1-2-32-19-12-14-26(15-13-19)24(30)22(25(31)29-26)21-18(9-6-16-28)10-11-20(23(21)27)17-7-4-3-5-8-17/h3-11,19,30H,2,12-16H2,1H3,(H,29,31)/b9-6-. The molecule has 1 heterocycles. The van der Waals surface area contributed by atoms with Gasteiger partial charge in [-0.05, 0) is 43.7 Å². The lowest BCUT2D eigenvalue weighted by molar-refractivity contribution is -0.116. The van der Waals surface area contributed by atoms with E-state index in [9.17, 15) is 14.3 Å². The Morgan fingerprint density at radius 2 is 1.94 bits per heavy atom. The van der Waals surface area contributed by atoms with Crippen LogP contribution in [0.2, 0.25) is 5.02 Å². The summed E-state index contributed by atoms with van der Waals surface area (Å²) in [6, 6.07) is 13.3. The van der Waals surface area contributed by atoms with E-state index < -0.39 is 12.2 Å². The molecule has 1 amide bonds. The maximum atomic E-state index is 13.2. The Hall–Kier alpha value is -2.63. The molecule has 1 saturated carbocycles. The maximum absolute atomic E-state index is 13.2. The number of aliphatic hydroxyl groups is 1. The van der Waals surface area contributed by atoms with Gasteiger partial charge in [-0.25, -0.2) is 4.39 Å². The summed E-state index contributed by atoms with van der Waals surface area (Å²) in [6.45, 7) is 1.96. The zero-order valence-electron chi connectivity index (χ0n) is 18.0. The van der Waals surface area contributed by atoms with E-state index in [0.29, 0.717) is 35.6 Å². The fourth-order valence-corrected chi connectivity index (χ4v) is 5.14. The van der Waals surface area contributed by atoms with Crippen LogP contribution in [0.1, 0.15) is 43.7 Å². The Balaban J connectivity index is 1.83. The van der Waals surface area contributed by atoms with Crippen LogP contribution in [0, 0.1) is 0 Å². The summed E-state index contributed by atoms with van der Waals surface area (Å²) in [6.07, 6.45) is 5.77. The first-order valence-corrected chi connectivity index (χ1v) is 11.4. The van der Waals surface area contributed by atoms with Crippen LogP contribution >= 0.6 is 11.6 Å². The van der Waals surface area contributed by atoms with Gasteiger partial charge in [-0.3, -0.25) is 4.79 Å². The first-order chi connectivity index (χ1) is 15.5. The Bertz CT molecular complexity index is 1060. The summed E-state index contributed by atoms with van der Waals surface area (Å²) < 4.78 is 18.6. The van der Waals surface area contributed by atoms with Gasteiger partial charge >= 0.3 is 0 Å². The van der Waals surface area contributed by atoms with Crippen molar-refractivity contribution >= 4 is 29.2 Å². The van der Waals surface area contributed by atoms with Crippen molar-refractivity contribution in [2.24, 2.45) is 0 Å². The minimum Gasteiger partial charge on any atom is -0.509 e. The van der Waals surface area contributed by atoms with Gasteiger partial charge in [0.1, 0.15) is 12.4 Å². The Labute approximate surface area is 192 Å². The molecule has 0 bridgehead atoms. The van der Waals surface area contributed by atoms with E-state index in [0.717, 1.165) is 24.0 Å². The number of amides is 1. The highest BCUT2D eigenvalue weighted by Crippen LogP contribution is 2.45. The molecule has 2 N–H and O–H groups in total. The zero-order chi connectivity index (χ0) is 22.7. The number of carbonyl (C=O) groups is 1. The molecule has 1 fully saturated rings. The smallest absolute Gasteiger partial charge is 0.256 e. The molecule has 4 rings (SSSR count). The van der Waals surface area contributed by atoms with Gasteiger partial charge in [-0.1, -0.05) is 66.2 Å². The number of rotatable bonds is 6. The maximum Gasteiger partial charge on any atom is 0.256 e. The number of carbonyl (C=O) groups excluding carboxylic acids is 1. The van der Waals surface area contributed by atoms with Crippen molar-refractivity contribution in [1.82, 2.24) is 5.32 Å². The van der Waals surface area contributed by atoms with Gasteiger partial charge < -0.3 is 15.2 Å². The van der Waals surface area contributed by atoms with Crippen LogP contribution in [0.4, 0.5) is 4.39 Å². The highest BCUT2D eigenvalue weighted by atomic mass is 35.5. The van der Waals surface area contributed by atoms with E-state index in [2.05, 4.69) is 5.32 Å². The normalized spacial score (nSPS) is 23.3. The number of benzene rings is 2. The minimum atomic E-state index is -0.812. The number of ether oxygens (including phenoxy) is 1. The number of hydrogen-bond donors (Lipinski definition) is 2. The van der Waals surface area contributed by atoms with Gasteiger partial charge in [0.2, 0.25) is 0 Å². The van der Waals surface area contributed by atoms with Crippen LogP contribution in [0.3, 0.4) is 0 Å². The van der Waals surface area contributed by atoms with Gasteiger partial charge in [-0.15, -0.1) is 0 Å². The van der Waals surface area contributed by atoms with E-state index >= 15 is 0 Å². The van der Waals surface area contributed by atoms with Crippen LogP contribution in [0.15, 0.2) is 54.3 Å². The number of allylic oxidation sites excluding steroid dienone is 1. The Morgan fingerprint density at radius 1 is 1.22 bits per heavy atom. The van der Waals surface area contributed by atoms with Crippen molar-refractivity contribution in [3.05, 3.63) is 70.4 Å². The molecule has 6 heteroatoms. The average Bonchev–Trinajstić information content (AvgIpc) is 3.04. The Morgan fingerprint density at radius 3 is 2.59 bits per heavy atom. The van der Waals surface area contributed by atoms with Crippen LogP contribution < -0.4 is 5.32 Å². The highest BCUT2D eigenvalue weighted by Gasteiger charge is 2.48. The van der Waals surface area contributed by atoms with Crippen molar-refractivity contribution in [2.45, 2.75) is 44.2 Å². The van der Waals surface area contributed by atoms with E-state index in [1.165, 1.54) is 6.08 Å². The highest BCUT2D eigenvalue weighted by molar-refractivity contribution is 6.38. The number of halogens is 2.